The number of nitrogens with zero attached hydrogens (tertiary/aromatic N) is 2. The number of fused-ring (bicyclic) bond motifs is 3. The van der Waals surface area contributed by atoms with Crippen molar-refractivity contribution in [2.75, 3.05) is 33.5 Å². The monoisotopic (exact) mass is 842 g/mol. The number of rotatable bonds is 18. The van der Waals surface area contributed by atoms with Crippen molar-refractivity contribution in [3.8, 4) is 17.2 Å². The molecule has 0 spiro atoms. The number of allylic oxidation sites excluding steroid dienone is 1. The van der Waals surface area contributed by atoms with E-state index in [9.17, 15) is 19.8 Å². The summed E-state index contributed by atoms with van der Waals surface area (Å²) in [6.45, 7) is 4.99. The molecular weight excluding hydrogens is 785 g/mol. The summed E-state index contributed by atoms with van der Waals surface area (Å²) in [6, 6.07) is 25.9. The number of hydrogen-bond donors (Lipinski definition) is 2. The van der Waals surface area contributed by atoms with E-state index in [0.717, 1.165) is 73.1 Å². The number of aldehydes is 1. The Bertz CT molecular complexity index is 2280. The fraction of sp³-hybridized carbons (Fsp3) is 0.431. The Morgan fingerprint density at radius 3 is 2.52 bits per heavy atom. The molecule has 11 heteroatoms. The van der Waals surface area contributed by atoms with Gasteiger partial charge in [-0.05, 0) is 109 Å². The highest BCUT2D eigenvalue weighted by Crippen LogP contribution is 2.62. The van der Waals surface area contributed by atoms with Crippen molar-refractivity contribution in [1.82, 2.24) is 4.90 Å². The molecule has 2 heterocycles. The molecule has 62 heavy (non-hydrogen) atoms. The van der Waals surface area contributed by atoms with Crippen LogP contribution in [0.15, 0.2) is 114 Å². The van der Waals surface area contributed by atoms with Gasteiger partial charge in [0.15, 0.2) is 0 Å². The summed E-state index contributed by atoms with van der Waals surface area (Å²) in [5.41, 5.74) is 3.64. The fourth-order valence-corrected chi connectivity index (χ4v) is 10.2. The smallest absolute Gasteiger partial charge is 0.254 e. The van der Waals surface area contributed by atoms with E-state index in [1.807, 2.05) is 73.8 Å². The quantitative estimate of drug-likeness (QED) is 0.0435. The molecule has 1 saturated carbocycles. The first-order chi connectivity index (χ1) is 30.4. The molecule has 0 bridgehead atoms. The van der Waals surface area contributed by atoms with Crippen molar-refractivity contribution in [2.24, 2.45) is 22.9 Å². The number of hydrogen-bond acceptors (Lipinski definition) is 10. The van der Waals surface area contributed by atoms with Gasteiger partial charge in [-0.1, -0.05) is 72.6 Å². The number of benzene rings is 4. The SMILES string of the molecule is C=CCOC12Oc3ccc(Oc4cccc(C=O)c4)cc3C3C(CCCCO)C(CCCCO)C=C(C(=NOC4CCCCO4)CC1N(C)C(=O)c1ccc4ccccc4c1)C32. The minimum atomic E-state index is -1.40. The lowest BCUT2D eigenvalue weighted by molar-refractivity contribution is -0.252. The molecule has 2 fully saturated rings. The molecule has 1 saturated heterocycles. The second kappa shape index (κ2) is 19.8. The Kier molecular flexibility index (Phi) is 13.8. The van der Waals surface area contributed by atoms with Crippen LogP contribution in [0.2, 0.25) is 0 Å². The number of carbonyl (C=O) groups is 2. The van der Waals surface area contributed by atoms with Gasteiger partial charge in [0.05, 0.1) is 24.8 Å². The van der Waals surface area contributed by atoms with Crippen molar-refractivity contribution in [3.05, 3.63) is 126 Å². The summed E-state index contributed by atoms with van der Waals surface area (Å²) in [4.78, 5) is 34.6. The molecule has 11 nitrogen and oxygen atoms in total. The van der Waals surface area contributed by atoms with Crippen molar-refractivity contribution < 1.29 is 43.6 Å². The maximum Gasteiger partial charge on any atom is 0.254 e. The number of amides is 1. The maximum atomic E-state index is 14.9. The van der Waals surface area contributed by atoms with Crippen LogP contribution in [-0.4, -0.2) is 84.6 Å². The molecular formula is C51H58N2O9. The van der Waals surface area contributed by atoms with Crippen LogP contribution in [0, 0.1) is 17.8 Å². The molecule has 0 aromatic heterocycles. The topological polar surface area (TPSA) is 136 Å². The average Bonchev–Trinajstić information content (AvgIpc) is 3.31. The maximum absolute atomic E-state index is 14.9. The second-order valence-electron chi connectivity index (χ2n) is 16.9. The number of aliphatic hydroxyl groups is 2. The van der Waals surface area contributed by atoms with Crippen LogP contribution in [0.1, 0.15) is 96.4 Å². The Balaban J connectivity index is 1.31. The van der Waals surface area contributed by atoms with Gasteiger partial charge in [0.1, 0.15) is 29.6 Å². The fourth-order valence-electron chi connectivity index (χ4n) is 10.2. The Morgan fingerprint density at radius 2 is 1.74 bits per heavy atom. The Hall–Kier alpha value is -5.33. The number of aliphatic hydroxyl groups excluding tert-OH is 2. The van der Waals surface area contributed by atoms with Crippen molar-refractivity contribution in [1.29, 1.82) is 0 Å². The van der Waals surface area contributed by atoms with Gasteiger partial charge in [-0.15, -0.1) is 6.58 Å². The Labute approximate surface area is 363 Å². The van der Waals surface area contributed by atoms with Gasteiger partial charge in [-0.2, -0.15) is 0 Å². The number of ether oxygens (including phenoxy) is 4. The summed E-state index contributed by atoms with van der Waals surface area (Å²) in [6.07, 6.45) is 11.9. The molecule has 7 atom stereocenters. The summed E-state index contributed by atoms with van der Waals surface area (Å²) in [5.74, 6) is -0.440. The zero-order chi connectivity index (χ0) is 43.1. The van der Waals surface area contributed by atoms with Crippen molar-refractivity contribution in [2.45, 2.75) is 88.2 Å². The predicted octanol–water partition coefficient (Wildman–Crippen LogP) is 9.38. The van der Waals surface area contributed by atoms with Crippen molar-refractivity contribution in [3.63, 3.8) is 0 Å². The van der Waals surface area contributed by atoms with Crippen LogP contribution in [0.4, 0.5) is 0 Å². The van der Waals surface area contributed by atoms with Gasteiger partial charge in [0.25, 0.3) is 5.91 Å². The molecule has 7 unspecified atom stereocenters. The van der Waals surface area contributed by atoms with Gasteiger partial charge < -0.3 is 38.9 Å². The van der Waals surface area contributed by atoms with Crippen molar-refractivity contribution >= 4 is 28.7 Å². The van der Waals surface area contributed by atoms with E-state index in [0.29, 0.717) is 53.5 Å². The second-order valence-corrected chi connectivity index (χ2v) is 16.9. The number of oxime groups is 1. The first kappa shape index (κ1) is 43.3. The van der Waals surface area contributed by atoms with Gasteiger partial charge in [-0.3, -0.25) is 9.59 Å². The van der Waals surface area contributed by atoms with Gasteiger partial charge in [-0.25, -0.2) is 0 Å². The zero-order valence-electron chi connectivity index (χ0n) is 35.5. The van der Waals surface area contributed by atoms with E-state index < -0.39 is 24.0 Å². The molecule has 2 aliphatic heterocycles. The first-order valence-corrected chi connectivity index (χ1v) is 22.2. The minimum absolute atomic E-state index is 0.0427. The summed E-state index contributed by atoms with van der Waals surface area (Å²) in [7, 11) is 1.82. The highest BCUT2D eigenvalue weighted by atomic mass is 16.8. The lowest BCUT2D eigenvalue weighted by Gasteiger charge is -2.59. The van der Waals surface area contributed by atoms with Gasteiger partial charge in [0.2, 0.25) is 12.1 Å². The zero-order valence-corrected chi connectivity index (χ0v) is 35.5. The average molecular weight is 843 g/mol. The highest BCUT2D eigenvalue weighted by molar-refractivity contribution is 6.04. The van der Waals surface area contributed by atoms with Crippen LogP contribution >= 0.6 is 0 Å². The minimum Gasteiger partial charge on any atom is -0.459 e. The van der Waals surface area contributed by atoms with Gasteiger partial charge in [0, 0.05) is 55.7 Å². The number of unbranched alkanes of at least 4 members (excludes halogenated alkanes) is 2. The van der Waals surface area contributed by atoms with Crippen LogP contribution in [0.3, 0.4) is 0 Å². The van der Waals surface area contributed by atoms with E-state index in [-0.39, 0.29) is 49.9 Å². The van der Waals surface area contributed by atoms with E-state index in [1.54, 1.807) is 29.2 Å². The normalized spacial score (nSPS) is 25.8. The van der Waals surface area contributed by atoms with E-state index in [4.69, 9.17) is 28.9 Å². The predicted molar refractivity (Wildman–Crippen MR) is 238 cm³/mol. The summed E-state index contributed by atoms with van der Waals surface area (Å²) in [5, 5.41) is 26.8. The van der Waals surface area contributed by atoms with Crippen LogP contribution in [-0.2, 0) is 14.3 Å². The van der Waals surface area contributed by atoms with Gasteiger partial charge >= 0.3 is 0 Å². The molecule has 8 rings (SSSR count). The molecule has 1 amide bonds. The third-order valence-electron chi connectivity index (χ3n) is 13.1. The third kappa shape index (κ3) is 8.95. The molecule has 2 aliphatic carbocycles. The molecule has 4 aromatic rings. The molecule has 0 radical (unpaired) electrons. The van der Waals surface area contributed by atoms with Crippen LogP contribution in [0.25, 0.3) is 10.8 Å². The molecule has 326 valence electrons. The molecule has 4 aromatic carbocycles. The van der Waals surface area contributed by atoms with E-state index in [1.165, 1.54) is 0 Å². The lowest BCUT2D eigenvalue weighted by Crippen LogP contribution is -2.69. The van der Waals surface area contributed by atoms with E-state index >= 15 is 0 Å². The summed E-state index contributed by atoms with van der Waals surface area (Å²) < 4.78 is 26.9. The van der Waals surface area contributed by atoms with Crippen LogP contribution < -0.4 is 9.47 Å². The highest BCUT2D eigenvalue weighted by Gasteiger charge is 2.65. The van der Waals surface area contributed by atoms with E-state index in [2.05, 4.69) is 12.7 Å². The first-order valence-electron chi connectivity index (χ1n) is 22.2. The van der Waals surface area contributed by atoms with Crippen LogP contribution in [0.5, 0.6) is 17.2 Å². The summed E-state index contributed by atoms with van der Waals surface area (Å²) >= 11 is 0. The molecule has 4 aliphatic rings. The third-order valence-corrected chi connectivity index (χ3v) is 13.1. The Morgan fingerprint density at radius 1 is 0.935 bits per heavy atom. The number of carbonyl (C=O) groups excluding carboxylic acids is 2. The molecule has 2 N–H and O–H groups in total. The standard InChI is InChI=1S/C51H58N2O9/c1-3-26-59-51-46(53(2)50(57)38-21-20-35-14-4-5-15-36(35)29-38)32-44(52-62-47-19-8-11-27-58-47)42-30-37(16-6-9-24-54)41(18-7-10-25-55)48(49(42)51)43-31-40(22-23-45(43)61-51)60-39-17-12-13-34(28-39)33-56/h3-5,12-15,17,20-23,28-31,33,37,41,46-49,54-55H,1,6-11,16,18-19,24-27,32H2,2H3. The number of likely N-dealkylation sites (N-methyl/N-ethyl adjacent to an activating group) is 1. The largest absolute Gasteiger partial charge is 0.459 e. The lowest BCUT2D eigenvalue weighted by atomic mass is 9.55.